The van der Waals surface area contributed by atoms with Crippen LogP contribution in [-0.4, -0.2) is 22.0 Å². The molecular formula is C15H11BrN4O2. The molecule has 3 rings (SSSR count). The molecule has 7 heteroatoms. The van der Waals surface area contributed by atoms with E-state index in [4.69, 9.17) is 0 Å². The van der Waals surface area contributed by atoms with Gasteiger partial charge in [0, 0.05) is 21.2 Å². The summed E-state index contributed by atoms with van der Waals surface area (Å²) >= 11 is 3.30. The summed E-state index contributed by atoms with van der Waals surface area (Å²) in [5.74, 6) is -1.47. The third kappa shape index (κ3) is 3.15. The fourth-order valence-corrected chi connectivity index (χ4v) is 2.36. The van der Waals surface area contributed by atoms with Gasteiger partial charge >= 0.3 is 11.8 Å². The largest absolute Gasteiger partial charge is 0.318 e. The van der Waals surface area contributed by atoms with Crippen molar-refractivity contribution in [2.24, 2.45) is 0 Å². The second-order valence-electron chi connectivity index (χ2n) is 4.59. The molecule has 110 valence electrons. The maximum Gasteiger partial charge on any atom is 0.314 e. The van der Waals surface area contributed by atoms with Crippen LogP contribution in [0.1, 0.15) is 0 Å². The van der Waals surface area contributed by atoms with Gasteiger partial charge in [0.05, 0.1) is 11.7 Å². The molecule has 0 spiro atoms. The van der Waals surface area contributed by atoms with Crippen LogP contribution in [0.4, 0.5) is 11.4 Å². The summed E-state index contributed by atoms with van der Waals surface area (Å²) in [6.07, 6.45) is 1.68. The molecule has 3 aromatic rings. The molecule has 0 aliphatic carbocycles. The second-order valence-corrected chi connectivity index (χ2v) is 5.51. The number of amides is 2. The second kappa shape index (κ2) is 5.98. The van der Waals surface area contributed by atoms with E-state index in [1.54, 1.807) is 42.6 Å². The Kier molecular flexibility index (Phi) is 3.88. The Morgan fingerprint density at radius 3 is 2.45 bits per heavy atom. The van der Waals surface area contributed by atoms with E-state index >= 15 is 0 Å². The van der Waals surface area contributed by atoms with E-state index in [-0.39, 0.29) is 0 Å². The topological polar surface area (TPSA) is 86.9 Å². The lowest BCUT2D eigenvalue weighted by Crippen LogP contribution is -2.29. The number of halogens is 1. The van der Waals surface area contributed by atoms with Gasteiger partial charge in [-0.2, -0.15) is 5.10 Å². The average molecular weight is 359 g/mol. The minimum Gasteiger partial charge on any atom is -0.318 e. The van der Waals surface area contributed by atoms with E-state index in [2.05, 4.69) is 36.8 Å². The quantitative estimate of drug-likeness (QED) is 0.615. The van der Waals surface area contributed by atoms with Gasteiger partial charge < -0.3 is 10.6 Å². The predicted octanol–water partition coefficient (Wildman–Crippen LogP) is 2.90. The molecule has 0 radical (unpaired) electrons. The van der Waals surface area contributed by atoms with Crippen molar-refractivity contribution in [3.63, 3.8) is 0 Å². The van der Waals surface area contributed by atoms with Crippen LogP contribution in [0.3, 0.4) is 0 Å². The zero-order valence-electron chi connectivity index (χ0n) is 11.3. The highest BCUT2D eigenvalue weighted by molar-refractivity contribution is 9.10. The van der Waals surface area contributed by atoms with E-state index in [1.165, 1.54) is 0 Å². The van der Waals surface area contributed by atoms with E-state index in [9.17, 15) is 9.59 Å². The number of benzene rings is 2. The molecule has 0 aliphatic rings. The summed E-state index contributed by atoms with van der Waals surface area (Å²) in [6, 6.07) is 12.2. The maximum atomic E-state index is 11.9. The number of rotatable bonds is 2. The first-order valence-corrected chi connectivity index (χ1v) is 7.22. The zero-order chi connectivity index (χ0) is 15.5. The first kappa shape index (κ1) is 14.3. The van der Waals surface area contributed by atoms with Gasteiger partial charge in [-0.3, -0.25) is 14.7 Å². The normalized spacial score (nSPS) is 10.4. The summed E-state index contributed by atoms with van der Waals surface area (Å²) < 4.78 is 0.815. The molecule has 22 heavy (non-hydrogen) atoms. The number of hydrogen-bond acceptors (Lipinski definition) is 3. The number of carbonyl (C=O) groups excluding carboxylic acids is 2. The van der Waals surface area contributed by atoms with Crippen LogP contribution in [0.15, 0.2) is 53.1 Å². The summed E-state index contributed by atoms with van der Waals surface area (Å²) in [5.41, 5.74) is 1.84. The first-order valence-electron chi connectivity index (χ1n) is 6.43. The van der Waals surface area contributed by atoms with Crippen molar-refractivity contribution in [3.8, 4) is 0 Å². The van der Waals surface area contributed by atoms with E-state index in [0.29, 0.717) is 11.4 Å². The number of nitrogens with zero attached hydrogens (tertiary/aromatic N) is 1. The highest BCUT2D eigenvalue weighted by Crippen LogP contribution is 2.17. The van der Waals surface area contributed by atoms with Gasteiger partial charge in [-0.1, -0.05) is 22.0 Å². The van der Waals surface area contributed by atoms with Crippen molar-refractivity contribution < 1.29 is 9.59 Å². The fourth-order valence-electron chi connectivity index (χ4n) is 1.96. The zero-order valence-corrected chi connectivity index (χ0v) is 12.8. The molecule has 1 heterocycles. The minimum atomic E-state index is -0.737. The van der Waals surface area contributed by atoms with Crippen molar-refractivity contribution in [1.82, 2.24) is 10.2 Å². The molecule has 0 saturated carbocycles. The third-order valence-corrected chi connectivity index (χ3v) is 3.48. The van der Waals surface area contributed by atoms with E-state index in [0.717, 1.165) is 15.4 Å². The molecule has 0 unspecified atom stereocenters. The van der Waals surface area contributed by atoms with Crippen LogP contribution in [-0.2, 0) is 9.59 Å². The van der Waals surface area contributed by atoms with Crippen molar-refractivity contribution in [1.29, 1.82) is 0 Å². The van der Waals surface area contributed by atoms with Crippen LogP contribution in [0, 0.1) is 0 Å². The van der Waals surface area contributed by atoms with Crippen molar-refractivity contribution >= 4 is 50.0 Å². The van der Waals surface area contributed by atoms with Gasteiger partial charge in [0.25, 0.3) is 0 Å². The molecule has 0 bridgehead atoms. The Bertz CT molecular complexity index is 859. The number of aromatic nitrogens is 2. The van der Waals surface area contributed by atoms with Gasteiger partial charge in [-0.15, -0.1) is 0 Å². The molecule has 3 N–H and O–H groups in total. The smallest absolute Gasteiger partial charge is 0.314 e. The molecule has 6 nitrogen and oxygen atoms in total. The number of carbonyl (C=O) groups is 2. The summed E-state index contributed by atoms with van der Waals surface area (Å²) in [4.78, 5) is 23.8. The highest BCUT2D eigenvalue weighted by Gasteiger charge is 2.14. The molecule has 0 aliphatic heterocycles. The Morgan fingerprint density at radius 1 is 1.00 bits per heavy atom. The Morgan fingerprint density at radius 2 is 1.73 bits per heavy atom. The van der Waals surface area contributed by atoms with Crippen LogP contribution >= 0.6 is 15.9 Å². The van der Waals surface area contributed by atoms with Crippen LogP contribution in [0.2, 0.25) is 0 Å². The molecule has 1 aromatic heterocycles. The molecule has 2 amide bonds. The van der Waals surface area contributed by atoms with Gasteiger partial charge in [0.2, 0.25) is 0 Å². The van der Waals surface area contributed by atoms with Gasteiger partial charge in [-0.25, -0.2) is 0 Å². The Labute approximate surface area is 134 Å². The van der Waals surface area contributed by atoms with Crippen LogP contribution < -0.4 is 10.6 Å². The van der Waals surface area contributed by atoms with Crippen molar-refractivity contribution in [2.45, 2.75) is 0 Å². The van der Waals surface area contributed by atoms with E-state index < -0.39 is 11.8 Å². The number of aromatic amines is 1. The van der Waals surface area contributed by atoms with Crippen molar-refractivity contribution in [3.05, 3.63) is 53.1 Å². The molecule has 2 aromatic carbocycles. The number of H-pyrrole nitrogens is 1. The predicted molar refractivity (Wildman–Crippen MR) is 87.5 cm³/mol. The van der Waals surface area contributed by atoms with Crippen LogP contribution in [0.5, 0.6) is 0 Å². The monoisotopic (exact) mass is 358 g/mol. The maximum absolute atomic E-state index is 11.9. The molecule has 0 atom stereocenters. The van der Waals surface area contributed by atoms with Gasteiger partial charge in [0.15, 0.2) is 0 Å². The third-order valence-electron chi connectivity index (χ3n) is 2.99. The lowest BCUT2D eigenvalue weighted by Gasteiger charge is -2.07. The first-order chi connectivity index (χ1) is 10.6. The van der Waals surface area contributed by atoms with E-state index in [1.807, 2.05) is 6.07 Å². The minimum absolute atomic E-state index is 0.520. The molecule has 0 fully saturated rings. The summed E-state index contributed by atoms with van der Waals surface area (Å²) in [6.45, 7) is 0. The Hall–Kier alpha value is -2.67. The summed E-state index contributed by atoms with van der Waals surface area (Å²) in [7, 11) is 0. The number of nitrogens with one attached hydrogen (secondary N) is 3. The highest BCUT2D eigenvalue weighted by atomic mass is 79.9. The van der Waals surface area contributed by atoms with Gasteiger partial charge in [-0.05, 0) is 36.4 Å². The average Bonchev–Trinajstić information content (AvgIpc) is 2.94. The number of anilines is 2. The lowest BCUT2D eigenvalue weighted by molar-refractivity contribution is -0.132. The number of fused-ring (bicyclic) bond motifs is 1. The van der Waals surface area contributed by atoms with Crippen LogP contribution in [0.25, 0.3) is 10.9 Å². The lowest BCUT2D eigenvalue weighted by atomic mass is 10.2. The Balaban J connectivity index is 1.69. The molecule has 0 saturated heterocycles. The fraction of sp³-hybridized carbons (Fsp3) is 0. The summed E-state index contributed by atoms with van der Waals surface area (Å²) in [5, 5.41) is 12.7. The number of hydrogen-bond donors (Lipinski definition) is 3. The standard InChI is InChI=1S/C15H11BrN4O2/c16-10-2-1-3-11(6-10)18-14(21)15(22)19-12-5-4-9-8-17-20-13(9)7-12/h1-8H,(H,17,20)(H,18,21)(H,19,22). The SMILES string of the molecule is O=C(Nc1cccc(Br)c1)C(=O)Nc1ccc2cn[nH]c2c1. The van der Waals surface area contributed by atoms with Gasteiger partial charge in [0.1, 0.15) is 0 Å². The van der Waals surface area contributed by atoms with Crippen molar-refractivity contribution in [2.75, 3.05) is 10.6 Å². The molecular weight excluding hydrogens is 348 g/mol.